The molecule has 5 nitrogen and oxygen atoms in total. The molecule has 0 radical (unpaired) electrons. The first-order valence-corrected chi connectivity index (χ1v) is 4.87. The highest BCUT2D eigenvalue weighted by molar-refractivity contribution is 7.53. The van der Waals surface area contributed by atoms with Gasteiger partial charge in [-0.1, -0.05) is 6.92 Å². The topological polar surface area (TPSA) is 104 Å². The molecule has 5 N–H and O–H groups in total. The fourth-order valence-electron chi connectivity index (χ4n) is 0.607. The zero-order chi connectivity index (χ0) is 9.28. The van der Waals surface area contributed by atoms with Crippen LogP contribution in [0.2, 0.25) is 0 Å². The molecule has 0 rings (SSSR count). The van der Waals surface area contributed by atoms with Crippen LogP contribution in [0.1, 0.15) is 20.3 Å². The number of aliphatic hydroxyl groups is 1. The minimum Gasteiger partial charge on any atom is -0.391 e. The van der Waals surface area contributed by atoms with Gasteiger partial charge in [-0.05, 0) is 13.3 Å². The molecule has 0 aliphatic carbocycles. The Morgan fingerprint density at radius 3 is 2.09 bits per heavy atom. The summed E-state index contributed by atoms with van der Waals surface area (Å²) in [6.07, 6.45) is -0.957. The lowest BCUT2D eigenvalue weighted by atomic mass is 10.1. The monoisotopic (exact) mass is 183 g/mol. The van der Waals surface area contributed by atoms with Crippen molar-refractivity contribution in [3.63, 3.8) is 0 Å². The van der Waals surface area contributed by atoms with Gasteiger partial charge >= 0.3 is 7.60 Å². The van der Waals surface area contributed by atoms with E-state index in [1.54, 1.807) is 6.92 Å². The summed E-state index contributed by atoms with van der Waals surface area (Å²) in [6.45, 7) is 2.74. The first kappa shape index (κ1) is 11.1. The fraction of sp³-hybridized carbons (Fsp3) is 1.00. The first-order valence-electron chi connectivity index (χ1n) is 3.26. The van der Waals surface area contributed by atoms with Crippen molar-refractivity contribution in [1.82, 2.24) is 0 Å². The molecule has 0 saturated carbocycles. The van der Waals surface area contributed by atoms with E-state index in [1.807, 2.05) is 0 Å². The lowest BCUT2D eigenvalue weighted by Gasteiger charge is -2.29. The van der Waals surface area contributed by atoms with Crippen molar-refractivity contribution < 1.29 is 19.5 Å². The normalized spacial score (nSPS) is 20.9. The molecule has 11 heavy (non-hydrogen) atoms. The van der Waals surface area contributed by atoms with Gasteiger partial charge in [-0.15, -0.1) is 0 Å². The molecular formula is C5H14NO4P. The predicted octanol–water partition coefficient (Wildman–Crippen LogP) is -0.390. The highest BCUT2D eigenvalue weighted by atomic mass is 31.2. The van der Waals surface area contributed by atoms with E-state index >= 15 is 0 Å². The Balaban J connectivity index is 4.59. The third-order valence-corrected chi connectivity index (χ3v) is 3.24. The molecule has 68 valence electrons. The molecule has 2 atom stereocenters. The zero-order valence-electron chi connectivity index (χ0n) is 6.56. The number of nitrogens with two attached hydrogens (primary N) is 1. The molecule has 0 heterocycles. The Morgan fingerprint density at radius 1 is 1.64 bits per heavy atom. The Hall–Kier alpha value is 0.0700. The molecule has 0 bridgehead atoms. The van der Waals surface area contributed by atoms with Gasteiger partial charge in [0.15, 0.2) is 0 Å². The van der Waals surface area contributed by atoms with Crippen molar-refractivity contribution in [3.8, 4) is 0 Å². The Morgan fingerprint density at radius 2 is 2.00 bits per heavy atom. The van der Waals surface area contributed by atoms with E-state index in [4.69, 9.17) is 20.6 Å². The summed E-state index contributed by atoms with van der Waals surface area (Å²) in [5.41, 5.74) is 5.23. The van der Waals surface area contributed by atoms with Gasteiger partial charge in [0.25, 0.3) is 0 Å². The Kier molecular flexibility index (Phi) is 3.23. The van der Waals surface area contributed by atoms with Crippen LogP contribution in [0.15, 0.2) is 0 Å². The largest absolute Gasteiger partial charge is 0.391 e. The average Bonchev–Trinajstić information content (AvgIpc) is 1.83. The quantitative estimate of drug-likeness (QED) is 0.446. The second kappa shape index (κ2) is 3.21. The van der Waals surface area contributed by atoms with Gasteiger partial charge in [0.05, 0.1) is 6.10 Å². The molecular weight excluding hydrogens is 169 g/mol. The van der Waals surface area contributed by atoms with Gasteiger partial charge in [0.1, 0.15) is 5.28 Å². The van der Waals surface area contributed by atoms with Crippen LogP contribution in [-0.2, 0) is 4.57 Å². The second-order valence-corrected chi connectivity index (χ2v) is 4.75. The maximum atomic E-state index is 10.7. The highest BCUT2D eigenvalue weighted by Crippen LogP contribution is 2.49. The van der Waals surface area contributed by atoms with E-state index < -0.39 is 19.0 Å². The molecule has 0 aliphatic heterocycles. The van der Waals surface area contributed by atoms with Crippen molar-refractivity contribution >= 4 is 7.60 Å². The lowest BCUT2D eigenvalue weighted by Crippen LogP contribution is -2.47. The minimum absolute atomic E-state index is 0.220. The number of aliphatic hydroxyl groups excluding tert-OH is 1. The molecule has 0 fully saturated rings. The lowest BCUT2D eigenvalue weighted by molar-refractivity contribution is 0.113. The summed E-state index contributed by atoms with van der Waals surface area (Å²) >= 11 is 0. The molecule has 0 aromatic heterocycles. The van der Waals surface area contributed by atoms with Crippen molar-refractivity contribution in [3.05, 3.63) is 0 Å². The summed E-state index contributed by atoms with van der Waals surface area (Å²) in [5.74, 6) is 0. The summed E-state index contributed by atoms with van der Waals surface area (Å²) in [4.78, 5) is 17.3. The van der Waals surface area contributed by atoms with Crippen LogP contribution < -0.4 is 5.73 Å². The summed E-state index contributed by atoms with van der Waals surface area (Å²) in [6, 6.07) is 0. The highest BCUT2D eigenvalue weighted by Gasteiger charge is 2.43. The van der Waals surface area contributed by atoms with E-state index in [-0.39, 0.29) is 6.42 Å². The average molecular weight is 183 g/mol. The van der Waals surface area contributed by atoms with Crippen LogP contribution in [0, 0.1) is 0 Å². The number of rotatable bonds is 3. The summed E-state index contributed by atoms with van der Waals surface area (Å²) < 4.78 is 10.7. The van der Waals surface area contributed by atoms with E-state index in [1.165, 1.54) is 0 Å². The predicted molar refractivity (Wildman–Crippen MR) is 40.9 cm³/mol. The smallest absolute Gasteiger partial charge is 0.347 e. The van der Waals surface area contributed by atoms with Crippen LogP contribution in [-0.4, -0.2) is 26.3 Å². The number of hydrogen-bond donors (Lipinski definition) is 4. The van der Waals surface area contributed by atoms with Crippen molar-refractivity contribution in [2.24, 2.45) is 5.73 Å². The van der Waals surface area contributed by atoms with Crippen molar-refractivity contribution in [2.75, 3.05) is 0 Å². The van der Waals surface area contributed by atoms with Gasteiger partial charge in [0, 0.05) is 0 Å². The summed E-state index contributed by atoms with van der Waals surface area (Å²) in [7, 11) is -4.41. The summed E-state index contributed by atoms with van der Waals surface area (Å²) in [5, 5.41) is 7.27. The molecule has 0 aliphatic rings. The molecule has 0 amide bonds. The fourth-order valence-corrected chi connectivity index (χ4v) is 1.18. The maximum Gasteiger partial charge on any atom is 0.347 e. The molecule has 0 aromatic carbocycles. The van der Waals surface area contributed by atoms with Crippen LogP contribution >= 0.6 is 7.60 Å². The Labute approximate surface area is 65.4 Å². The molecule has 6 heteroatoms. The standard InChI is InChI=1S/C5H14NO4P/c1-3-4(7)5(2,6)11(8,9)10/h4,7H,3,6H2,1-2H3,(H2,8,9,10). The van der Waals surface area contributed by atoms with Crippen molar-refractivity contribution in [1.29, 1.82) is 0 Å². The van der Waals surface area contributed by atoms with Gasteiger partial charge in [-0.2, -0.15) is 0 Å². The second-order valence-electron chi connectivity index (χ2n) is 2.69. The third-order valence-electron chi connectivity index (χ3n) is 1.69. The van der Waals surface area contributed by atoms with E-state index in [2.05, 4.69) is 0 Å². The van der Waals surface area contributed by atoms with Crippen LogP contribution in [0.25, 0.3) is 0 Å². The van der Waals surface area contributed by atoms with E-state index in [0.717, 1.165) is 6.92 Å². The van der Waals surface area contributed by atoms with E-state index in [9.17, 15) is 4.57 Å². The van der Waals surface area contributed by atoms with Crippen LogP contribution in [0.3, 0.4) is 0 Å². The molecule has 0 aromatic rings. The Bertz CT molecular complexity index is 175. The van der Waals surface area contributed by atoms with Gasteiger partial charge < -0.3 is 20.6 Å². The van der Waals surface area contributed by atoms with Gasteiger partial charge in [-0.25, -0.2) is 0 Å². The number of hydrogen-bond acceptors (Lipinski definition) is 3. The van der Waals surface area contributed by atoms with E-state index in [0.29, 0.717) is 0 Å². The SMILES string of the molecule is CCC(O)C(C)(N)P(=O)(O)O. The third kappa shape index (κ3) is 2.25. The van der Waals surface area contributed by atoms with Gasteiger partial charge in [0.2, 0.25) is 0 Å². The molecule has 2 unspecified atom stereocenters. The minimum atomic E-state index is -4.41. The first-order chi connectivity index (χ1) is 4.73. The maximum absolute atomic E-state index is 10.7. The van der Waals surface area contributed by atoms with Crippen molar-refractivity contribution in [2.45, 2.75) is 31.7 Å². The zero-order valence-corrected chi connectivity index (χ0v) is 7.45. The molecule has 0 saturated heterocycles. The van der Waals surface area contributed by atoms with Gasteiger partial charge in [-0.3, -0.25) is 4.57 Å². The van der Waals surface area contributed by atoms with Crippen LogP contribution in [0.4, 0.5) is 0 Å². The molecule has 0 spiro atoms. The van der Waals surface area contributed by atoms with Crippen LogP contribution in [0.5, 0.6) is 0 Å².